The summed E-state index contributed by atoms with van der Waals surface area (Å²) in [6, 6.07) is 12.9. The Morgan fingerprint density at radius 2 is 1.90 bits per heavy atom. The molecule has 3 aromatic rings. The van der Waals surface area contributed by atoms with Crippen LogP contribution in [0.25, 0.3) is 6.08 Å². The molecule has 0 aliphatic heterocycles. The summed E-state index contributed by atoms with van der Waals surface area (Å²) in [7, 11) is 3.20. The van der Waals surface area contributed by atoms with Crippen LogP contribution in [0.15, 0.2) is 54.7 Å². The number of nitrogens with zero attached hydrogens (tertiary/aromatic N) is 1. The summed E-state index contributed by atoms with van der Waals surface area (Å²) in [6.07, 6.45) is 4.83. The normalized spacial score (nSPS) is 10.7. The fourth-order valence-corrected chi connectivity index (χ4v) is 3.14. The average molecular weight is 418 g/mol. The predicted octanol–water partition coefficient (Wildman–Crippen LogP) is 4.69. The van der Waals surface area contributed by atoms with Gasteiger partial charge in [-0.15, -0.1) is 0 Å². The highest BCUT2D eigenvalue weighted by molar-refractivity contribution is 6.04. The molecule has 0 bridgehead atoms. The largest absolute Gasteiger partial charge is 0.493 e. The summed E-state index contributed by atoms with van der Waals surface area (Å²) in [6.45, 7) is 3.88. The molecule has 0 spiro atoms. The molecule has 4 N–H and O–H groups in total. The van der Waals surface area contributed by atoms with E-state index in [4.69, 9.17) is 15.2 Å². The molecule has 0 atom stereocenters. The highest BCUT2D eigenvalue weighted by atomic mass is 16.5. The monoisotopic (exact) mass is 418 g/mol. The Morgan fingerprint density at radius 1 is 1.10 bits per heavy atom. The number of carbonyl (C=O) groups excluding carboxylic acids is 1. The number of methoxy groups -OCH3 is 2. The third-order valence-corrected chi connectivity index (χ3v) is 4.65. The van der Waals surface area contributed by atoms with Crippen molar-refractivity contribution < 1.29 is 14.3 Å². The van der Waals surface area contributed by atoms with Gasteiger partial charge in [-0.1, -0.05) is 6.07 Å². The van der Waals surface area contributed by atoms with E-state index in [9.17, 15) is 4.79 Å². The Balaban J connectivity index is 1.80. The first-order valence-electron chi connectivity index (χ1n) is 9.71. The van der Waals surface area contributed by atoms with Gasteiger partial charge in [-0.2, -0.15) is 0 Å². The molecule has 0 unspecified atom stereocenters. The van der Waals surface area contributed by atoms with Gasteiger partial charge in [0, 0.05) is 29.6 Å². The fourth-order valence-electron chi connectivity index (χ4n) is 3.14. The van der Waals surface area contributed by atoms with E-state index < -0.39 is 0 Å². The van der Waals surface area contributed by atoms with Crippen LogP contribution >= 0.6 is 0 Å². The van der Waals surface area contributed by atoms with E-state index in [2.05, 4.69) is 15.6 Å². The number of anilines is 4. The van der Waals surface area contributed by atoms with Gasteiger partial charge in [0.2, 0.25) is 5.91 Å². The van der Waals surface area contributed by atoms with Crippen LogP contribution in [0.2, 0.25) is 0 Å². The highest BCUT2D eigenvalue weighted by Gasteiger charge is 2.11. The maximum absolute atomic E-state index is 12.4. The van der Waals surface area contributed by atoms with Crippen molar-refractivity contribution in [2.24, 2.45) is 0 Å². The van der Waals surface area contributed by atoms with Gasteiger partial charge < -0.3 is 25.8 Å². The van der Waals surface area contributed by atoms with E-state index >= 15 is 0 Å². The number of amides is 1. The van der Waals surface area contributed by atoms with E-state index in [1.807, 2.05) is 44.2 Å². The smallest absolute Gasteiger partial charge is 0.248 e. The molecule has 31 heavy (non-hydrogen) atoms. The van der Waals surface area contributed by atoms with Crippen LogP contribution in [0.1, 0.15) is 16.7 Å². The standard InChI is InChI=1S/C24H26N4O3/c1-15-7-9-19(25)20(12-15)28-22(29)10-8-17-6-5-11-26-24(17)27-18-13-16(2)23(31-4)21(14-18)30-3/h5-14H,25H2,1-4H3,(H,26,27)(H,28,29)/b10-8+. The number of carbonyl (C=O) groups is 1. The first kappa shape index (κ1) is 21.7. The van der Waals surface area contributed by atoms with Crippen LogP contribution in [-0.4, -0.2) is 25.1 Å². The summed E-state index contributed by atoms with van der Waals surface area (Å²) in [5, 5.41) is 6.08. The van der Waals surface area contributed by atoms with Crippen molar-refractivity contribution in [2.75, 3.05) is 30.6 Å². The molecule has 160 valence electrons. The van der Waals surface area contributed by atoms with Crippen LogP contribution in [0.4, 0.5) is 22.9 Å². The molecule has 1 heterocycles. The number of pyridine rings is 1. The van der Waals surface area contributed by atoms with Crippen molar-refractivity contribution in [1.82, 2.24) is 4.98 Å². The van der Waals surface area contributed by atoms with Crippen molar-refractivity contribution in [3.8, 4) is 11.5 Å². The van der Waals surface area contributed by atoms with Crippen molar-refractivity contribution in [2.45, 2.75) is 13.8 Å². The van der Waals surface area contributed by atoms with E-state index in [1.165, 1.54) is 6.08 Å². The lowest BCUT2D eigenvalue weighted by molar-refractivity contribution is -0.111. The summed E-state index contributed by atoms with van der Waals surface area (Å²) >= 11 is 0. The van der Waals surface area contributed by atoms with E-state index in [0.29, 0.717) is 28.7 Å². The highest BCUT2D eigenvalue weighted by Crippen LogP contribution is 2.35. The molecule has 7 nitrogen and oxygen atoms in total. The molecule has 2 aromatic carbocycles. The van der Waals surface area contributed by atoms with Crippen LogP contribution in [0.5, 0.6) is 11.5 Å². The van der Waals surface area contributed by atoms with Gasteiger partial charge in [0.1, 0.15) is 5.82 Å². The zero-order chi connectivity index (χ0) is 22.4. The van der Waals surface area contributed by atoms with Crippen LogP contribution in [-0.2, 0) is 4.79 Å². The minimum Gasteiger partial charge on any atom is -0.493 e. The Hall–Kier alpha value is -4.00. The Morgan fingerprint density at radius 3 is 2.65 bits per heavy atom. The first-order valence-corrected chi connectivity index (χ1v) is 9.71. The number of hydrogen-bond acceptors (Lipinski definition) is 6. The van der Waals surface area contributed by atoms with Crippen molar-refractivity contribution >= 4 is 34.9 Å². The van der Waals surface area contributed by atoms with Gasteiger partial charge in [0.05, 0.1) is 25.6 Å². The summed E-state index contributed by atoms with van der Waals surface area (Å²) in [5.74, 6) is 1.62. The van der Waals surface area contributed by atoms with Gasteiger partial charge in [-0.25, -0.2) is 4.98 Å². The van der Waals surface area contributed by atoms with Crippen molar-refractivity contribution in [1.29, 1.82) is 0 Å². The maximum Gasteiger partial charge on any atom is 0.248 e. The number of ether oxygens (including phenoxy) is 2. The maximum atomic E-state index is 12.4. The number of hydrogen-bond donors (Lipinski definition) is 3. The van der Waals surface area contributed by atoms with Crippen molar-refractivity contribution in [3.05, 3.63) is 71.4 Å². The molecule has 0 fully saturated rings. The third kappa shape index (κ3) is 5.33. The summed E-state index contributed by atoms with van der Waals surface area (Å²) < 4.78 is 10.8. The zero-order valence-electron chi connectivity index (χ0n) is 18.0. The topological polar surface area (TPSA) is 98.5 Å². The number of aromatic nitrogens is 1. The van der Waals surface area contributed by atoms with Crippen LogP contribution < -0.4 is 25.8 Å². The SMILES string of the molecule is COc1cc(Nc2ncccc2/C=C/C(=O)Nc2cc(C)ccc2N)cc(C)c1OC. The molecule has 0 saturated heterocycles. The lowest BCUT2D eigenvalue weighted by Gasteiger charge is -2.14. The molecule has 0 aliphatic carbocycles. The average Bonchev–Trinajstić information content (AvgIpc) is 2.75. The molecular formula is C24H26N4O3. The zero-order valence-corrected chi connectivity index (χ0v) is 18.0. The number of rotatable bonds is 7. The molecule has 7 heteroatoms. The lowest BCUT2D eigenvalue weighted by atomic mass is 10.1. The third-order valence-electron chi connectivity index (χ3n) is 4.65. The van der Waals surface area contributed by atoms with Gasteiger partial charge in [-0.3, -0.25) is 4.79 Å². The van der Waals surface area contributed by atoms with E-state index in [1.54, 1.807) is 38.6 Å². The van der Waals surface area contributed by atoms with Gasteiger partial charge in [-0.05, 0) is 61.4 Å². The number of nitrogens with two attached hydrogens (primary N) is 1. The second-order valence-electron chi connectivity index (χ2n) is 7.01. The number of nitrogens with one attached hydrogen (secondary N) is 2. The quantitative estimate of drug-likeness (QED) is 0.380. The Kier molecular flexibility index (Phi) is 6.77. The Labute approximate surface area is 181 Å². The van der Waals surface area contributed by atoms with Gasteiger partial charge >= 0.3 is 0 Å². The molecule has 3 rings (SSSR count). The first-order chi connectivity index (χ1) is 14.9. The van der Waals surface area contributed by atoms with Crippen LogP contribution in [0, 0.1) is 13.8 Å². The lowest BCUT2D eigenvalue weighted by Crippen LogP contribution is -2.10. The number of nitrogen functional groups attached to an aromatic ring is 1. The molecule has 1 amide bonds. The fraction of sp³-hybridized carbons (Fsp3) is 0.167. The summed E-state index contributed by atoms with van der Waals surface area (Å²) in [4.78, 5) is 16.8. The molecule has 0 aliphatic rings. The van der Waals surface area contributed by atoms with Gasteiger partial charge in [0.25, 0.3) is 0 Å². The van der Waals surface area contributed by atoms with Crippen LogP contribution in [0.3, 0.4) is 0 Å². The minimum absolute atomic E-state index is 0.283. The molecule has 0 saturated carbocycles. The molecule has 1 aromatic heterocycles. The number of benzene rings is 2. The summed E-state index contributed by atoms with van der Waals surface area (Å²) in [5.41, 5.74) is 10.5. The van der Waals surface area contributed by atoms with E-state index in [0.717, 1.165) is 22.4 Å². The van der Waals surface area contributed by atoms with E-state index in [-0.39, 0.29) is 5.91 Å². The number of aryl methyl sites for hydroxylation is 2. The second-order valence-corrected chi connectivity index (χ2v) is 7.01. The van der Waals surface area contributed by atoms with Gasteiger partial charge in [0.15, 0.2) is 11.5 Å². The molecule has 0 radical (unpaired) electrons. The minimum atomic E-state index is -0.283. The Bertz CT molecular complexity index is 1130. The predicted molar refractivity (Wildman–Crippen MR) is 125 cm³/mol. The molecular weight excluding hydrogens is 392 g/mol. The van der Waals surface area contributed by atoms with Crippen molar-refractivity contribution in [3.63, 3.8) is 0 Å². The second kappa shape index (κ2) is 9.67.